The molecule has 8 nitrogen and oxygen atoms in total. The lowest BCUT2D eigenvalue weighted by Gasteiger charge is -2.31. The smallest absolute Gasteiger partial charge is 0.255 e. The molecule has 2 aromatic carbocycles. The number of amides is 2. The molecule has 0 atom stereocenters. The van der Waals surface area contributed by atoms with E-state index in [0.717, 1.165) is 29.4 Å². The molecule has 0 spiro atoms. The van der Waals surface area contributed by atoms with Crippen molar-refractivity contribution in [2.24, 2.45) is 0 Å². The highest BCUT2D eigenvalue weighted by molar-refractivity contribution is 7.99. The highest BCUT2D eigenvalue weighted by Gasteiger charge is 2.21. The summed E-state index contributed by atoms with van der Waals surface area (Å²) in [5.41, 5.74) is 2.58. The van der Waals surface area contributed by atoms with Crippen LogP contribution in [0.25, 0.3) is 0 Å². The molecule has 2 N–H and O–H groups in total. The average Bonchev–Trinajstić information content (AvgIpc) is 3.01. The summed E-state index contributed by atoms with van der Waals surface area (Å²) in [5, 5.41) is 5.85. The number of hydrogen-bond acceptors (Lipinski definition) is 7. The quantitative estimate of drug-likeness (QED) is 0.631. The molecule has 1 fully saturated rings. The SMILES string of the molecule is CCOc1cc(N2CCOCC2)c(OCC)cc1NC(=O)c1ccc2c(c1)NC(=O)CCS2. The van der Waals surface area contributed by atoms with E-state index in [4.69, 9.17) is 14.2 Å². The van der Waals surface area contributed by atoms with Crippen molar-refractivity contribution in [3.8, 4) is 11.5 Å². The number of rotatable bonds is 7. The number of carbonyl (C=O) groups is 2. The highest BCUT2D eigenvalue weighted by atomic mass is 32.2. The molecule has 0 unspecified atom stereocenters. The number of morpholine rings is 1. The number of anilines is 3. The van der Waals surface area contributed by atoms with Crippen LogP contribution in [0.1, 0.15) is 30.6 Å². The van der Waals surface area contributed by atoms with Gasteiger partial charge in [0.25, 0.3) is 5.91 Å². The summed E-state index contributed by atoms with van der Waals surface area (Å²) in [4.78, 5) is 28.2. The van der Waals surface area contributed by atoms with Gasteiger partial charge in [0.05, 0.1) is 43.5 Å². The molecule has 0 aromatic heterocycles. The highest BCUT2D eigenvalue weighted by Crippen LogP contribution is 2.40. The Morgan fingerprint density at radius 2 is 1.88 bits per heavy atom. The number of nitrogens with zero attached hydrogens (tertiary/aromatic N) is 1. The zero-order valence-electron chi connectivity index (χ0n) is 18.9. The van der Waals surface area contributed by atoms with Crippen LogP contribution in [0.2, 0.25) is 0 Å². The van der Waals surface area contributed by atoms with Gasteiger partial charge >= 0.3 is 0 Å². The fourth-order valence-corrected chi connectivity index (χ4v) is 4.74. The normalized spacial score (nSPS) is 15.8. The molecule has 0 aliphatic carbocycles. The first kappa shape index (κ1) is 23.3. The maximum Gasteiger partial charge on any atom is 0.255 e. The number of hydrogen-bond donors (Lipinski definition) is 2. The van der Waals surface area contributed by atoms with Crippen LogP contribution < -0.4 is 25.0 Å². The van der Waals surface area contributed by atoms with Crippen LogP contribution in [0.4, 0.5) is 17.1 Å². The molecule has 176 valence electrons. The van der Waals surface area contributed by atoms with Crippen molar-refractivity contribution in [1.82, 2.24) is 0 Å². The first-order valence-electron chi connectivity index (χ1n) is 11.2. The monoisotopic (exact) mass is 471 g/mol. The van der Waals surface area contributed by atoms with Crippen molar-refractivity contribution in [3.63, 3.8) is 0 Å². The van der Waals surface area contributed by atoms with Crippen LogP contribution in [0.3, 0.4) is 0 Å². The Hall–Kier alpha value is -2.91. The lowest BCUT2D eigenvalue weighted by Crippen LogP contribution is -2.36. The molecule has 2 aliphatic rings. The number of fused-ring (bicyclic) bond motifs is 1. The van der Waals surface area contributed by atoms with Crippen molar-refractivity contribution in [3.05, 3.63) is 35.9 Å². The third-order valence-electron chi connectivity index (χ3n) is 5.36. The molecule has 0 radical (unpaired) electrons. The molecule has 9 heteroatoms. The molecule has 4 rings (SSSR count). The van der Waals surface area contributed by atoms with Crippen LogP contribution in [0.15, 0.2) is 35.2 Å². The van der Waals surface area contributed by atoms with Crippen LogP contribution >= 0.6 is 11.8 Å². The van der Waals surface area contributed by atoms with Crippen molar-refractivity contribution in [2.75, 3.05) is 60.8 Å². The molecule has 0 bridgehead atoms. The lowest BCUT2D eigenvalue weighted by atomic mass is 10.1. The van der Waals surface area contributed by atoms with E-state index in [-0.39, 0.29) is 11.8 Å². The Morgan fingerprint density at radius 1 is 1.12 bits per heavy atom. The zero-order valence-corrected chi connectivity index (χ0v) is 19.8. The van der Waals surface area contributed by atoms with E-state index in [1.54, 1.807) is 23.9 Å². The van der Waals surface area contributed by atoms with Gasteiger partial charge in [0.2, 0.25) is 5.91 Å². The van der Waals surface area contributed by atoms with E-state index in [1.165, 1.54) is 0 Å². The molecular formula is C24H29N3O5S. The summed E-state index contributed by atoms with van der Waals surface area (Å²) in [6.45, 7) is 7.63. The van der Waals surface area contributed by atoms with Crippen molar-refractivity contribution in [2.45, 2.75) is 25.2 Å². The van der Waals surface area contributed by atoms with Crippen LogP contribution in [0.5, 0.6) is 11.5 Å². The molecule has 33 heavy (non-hydrogen) atoms. The van der Waals surface area contributed by atoms with Crippen molar-refractivity contribution < 1.29 is 23.8 Å². The molecular weight excluding hydrogens is 442 g/mol. The summed E-state index contributed by atoms with van der Waals surface area (Å²) in [7, 11) is 0. The second-order valence-corrected chi connectivity index (χ2v) is 8.73. The van der Waals surface area contributed by atoms with E-state index in [9.17, 15) is 9.59 Å². The standard InChI is InChI=1S/C24H29N3O5S/c1-3-31-20-15-19(27-8-10-30-11-9-27)21(32-4-2)14-17(20)26-24(29)16-5-6-22-18(13-16)25-23(28)7-12-33-22/h5-6,13-15H,3-4,7-12H2,1-2H3,(H,25,28)(H,26,29). The van der Waals surface area contributed by atoms with E-state index >= 15 is 0 Å². The molecule has 2 aliphatic heterocycles. The van der Waals surface area contributed by atoms with Gasteiger partial charge in [-0.1, -0.05) is 0 Å². The van der Waals surface area contributed by atoms with Crippen LogP contribution in [-0.4, -0.2) is 57.1 Å². The first-order valence-corrected chi connectivity index (χ1v) is 12.2. The number of ether oxygens (including phenoxy) is 3. The Bertz CT molecular complexity index is 1020. The molecule has 2 heterocycles. The third kappa shape index (κ3) is 5.54. The van der Waals surface area contributed by atoms with Crippen molar-refractivity contribution >= 4 is 40.6 Å². The number of benzene rings is 2. The second kappa shape index (κ2) is 10.8. The van der Waals surface area contributed by atoms with Gasteiger partial charge in [-0.15, -0.1) is 11.8 Å². The van der Waals surface area contributed by atoms with Gasteiger partial charge in [-0.05, 0) is 32.0 Å². The molecule has 1 saturated heterocycles. The molecule has 2 amide bonds. The maximum atomic E-state index is 13.1. The van der Waals surface area contributed by atoms with E-state index in [0.29, 0.717) is 61.3 Å². The third-order valence-corrected chi connectivity index (χ3v) is 6.44. The zero-order chi connectivity index (χ0) is 23.2. The fraction of sp³-hybridized carbons (Fsp3) is 0.417. The van der Waals surface area contributed by atoms with Gasteiger partial charge in [0.1, 0.15) is 11.5 Å². The van der Waals surface area contributed by atoms with Crippen LogP contribution in [-0.2, 0) is 9.53 Å². The second-order valence-electron chi connectivity index (χ2n) is 7.59. The van der Waals surface area contributed by atoms with Crippen LogP contribution in [0, 0.1) is 0 Å². The summed E-state index contributed by atoms with van der Waals surface area (Å²) < 4.78 is 17.3. The fourth-order valence-electron chi connectivity index (χ4n) is 3.80. The average molecular weight is 472 g/mol. The predicted molar refractivity (Wildman–Crippen MR) is 130 cm³/mol. The molecule has 0 saturated carbocycles. The largest absolute Gasteiger partial charge is 0.492 e. The lowest BCUT2D eigenvalue weighted by molar-refractivity contribution is -0.115. The number of thioether (sulfide) groups is 1. The Kier molecular flexibility index (Phi) is 7.61. The topological polar surface area (TPSA) is 89.1 Å². The molecule has 2 aromatic rings. The predicted octanol–water partition coefficient (Wildman–Crippen LogP) is 4.01. The Labute approximate surface area is 198 Å². The van der Waals surface area contributed by atoms with Gasteiger partial charge in [0.15, 0.2) is 0 Å². The minimum Gasteiger partial charge on any atom is -0.492 e. The summed E-state index contributed by atoms with van der Waals surface area (Å²) in [5.74, 6) is 1.65. The van der Waals surface area contributed by atoms with E-state index < -0.39 is 0 Å². The minimum absolute atomic E-state index is 0.0440. The van der Waals surface area contributed by atoms with Gasteiger partial charge in [-0.2, -0.15) is 0 Å². The van der Waals surface area contributed by atoms with Crippen molar-refractivity contribution in [1.29, 1.82) is 0 Å². The van der Waals surface area contributed by atoms with Gasteiger partial charge in [-0.3, -0.25) is 9.59 Å². The number of nitrogens with one attached hydrogen (secondary N) is 2. The van der Waals surface area contributed by atoms with Gasteiger partial charge in [-0.25, -0.2) is 0 Å². The summed E-state index contributed by atoms with van der Waals surface area (Å²) in [6.07, 6.45) is 0.453. The first-order chi connectivity index (χ1) is 16.1. The Balaban J connectivity index is 1.63. The van der Waals surface area contributed by atoms with Gasteiger partial charge in [0, 0.05) is 47.9 Å². The summed E-state index contributed by atoms with van der Waals surface area (Å²) >= 11 is 1.60. The van der Waals surface area contributed by atoms with E-state index in [2.05, 4.69) is 15.5 Å². The maximum absolute atomic E-state index is 13.1. The number of carbonyl (C=O) groups excluding carboxylic acids is 2. The van der Waals surface area contributed by atoms with E-state index in [1.807, 2.05) is 32.0 Å². The minimum atomic E-state index is -0.288. The van der Waals surface area contributed by atoms with Gasteiger partial charge < -0.3 is 29.7 Å². The Morgan fingerprint density at radius 3 is 2.64 bits per heavy atom. The summed E-state index contributed by atoms with van der Waals surface area (Å²) in [6, 6.07) is 9.09.